The summed E-state index contributed by atoms with van der Waals surface area (Å²) in [7, 11) is 0. The van der Waals surface area contributed by atoms with Crippen molar-refractivity contribution in [2.45, 2.75) is 44.6 Å². The minimum Gasteiger partial charge on any atom is -0.598 e. The van der Waals surface area contributed by atoms with Crippen molar-refractivity contribution >= 4 is 29.1 Å². The zero-order chi connectivity index (χ0) is 18.5. The molecule has 1 aromatic rings. The molecule has 0 aliphatic carbocycles. The van der Waals surface area contributed by atoms with Crippen LogP contribution in [0.15, 0.2) is 29.2 Å². The van der Waals surface area contributed by atoms with E-state index in [0.29, 0.717) is 12.4 Å². The average molecular weight is 388 g/mol. The predicted octanol–water partition coefficient (Wildman–Crippen LogP) is 3.47. The highest BCUT2D eigenvalue weighted by molar-refractivity contribution is 7.99. The molecule has 0 fully saturated rings. The van der Waals surface area contributed by atoms with E-state index in [9.17, 15) is 9.35 Å². The van der Waals surface area contributed by atoms with Crippen molar-refractivity contribution < 1.29 is 18.8 Å². The summed E-state index contributed by atoms with van der Waals surface area (Å²) in [4.78, 5) is 12.6. The second-order valence-corrected chi connectivity index (χ2v) is 8.07. The van der Waals surface area contributed by atoms with Gasteiger partial charge in [-0.2, -0.15) is 0 Å². The Bertz CT molecular complexity index is 484. The summed E-state index contributed by atoms with van der Waals surface area (Å²) < 4.78 is 25.6. The maximum atomic E-state index is 12.2. The van der Waals surface area contributed by atoms with Gasteiger partial charge < -0.3 is 14.0 Å². The number of rotatable bonds is 13. The Morgan fingerprint density at radius 2 is 2.00 bits per heavy atom. The summed E-state index contributed by atoms with van der Waals surface area (Å²) >= 11 is 0.647. The summed E-state index contributed by atoms with van der Waals surface area (Å²) in [6, 6.07) is 7.91. The summed E-state index contributed by atoms with van der Waals surface area (Å²) in [6.45, 7) is 6.44. The lowest BCUT2D eigenvalue weighted by atomic mass is 10.1. The van der Waals surface area contributed by atoms with E-state index in [1.165, 1.54) is 4.90 Å². The van der Waals surface area contributed by atoms with Crippen molar-refractivity contribution in [1.29, 1.82) is 0 Å². The number of hydrogen-bond donors (Lipinski definition) is 1. The number of thioether (sulfide) groups is 1. The summed E-state index contributed by atoms with van der Waals surface area (Å²) in [5, 5.41) is 0. The lowest BCUT2D eigenvalue weighted by molar-refractivity contribution is -0.148. The van der Waals surface area contributed by atoms with Gasteiger partial charge in [0.25, 0.3) is 0 Å². The van der Waals surface area contributed by atoms with E-state index in [-0.39, 0.29) is 25.2 Å². The van der Waals surface area contributed by atoms with Gasteiger partial charge in [0.2, 0.25) is 0 Å². The van der Waals surface area contributed by atoms with Gasteiger partial charge in [-0.05, 0) is 36.8 Å². The van der Waals surface area contributed by atoms with Gasteiger partial charge in [-0.15, -0.1) is 16.5 Å². The highest BCUT2D eigenvalue weighted by Gasteiger charge is 2.19. The van der Waals surface area contributed by atoms with Crippen LogP contribution in [0.3, 0.4) is 0 Å². The monoisotopic (exact) mass is 387 g/mol. The molecule has 0 aliphatic heterocycles. The highest BCUT2D eigenvalue weighted by atomic mass is 32.2. The molecule has 7 heteroatoms. The van der Waals surface area contributed by atoms with Crippen LogP contribution in [0.4, 0.5) is 0 Å². The fraction of sp³-hybridized carbons (Fsp3) is 0.611. The SMILES string of the molecule is CCCC[S+]([O-])N[C@@H](COCC(=O)OCC)c1ccc(SCC)cc1. The maximum Gasteiger partial charge on any atom is 0.332 e. The van der Waals surface area contributed by atoms with Crippen molar-refractivity contribution in [2.24, 2.45) is 0 Å². The van der Waals surface area contributed by atoms with Crippen LogP contribution in [0, 0.1) is 0 Å². The van der Waals surface area contributed by atoms with Gasteiger partial charge in [-0.1, -0.05) is 32.4 Å². The van der Waals surface area contributed by atoms with E-state index in [0.717, 1.165) is 24.2 Å². The van der Waals surface area contributed by atoms with E-state index >= 15 is 0 Å². The second-order valence-electron chi connectivity index (χ2n) is 5.40. The van der Waals surface area contributed by atoms with Gasteiger partial charge in [-0.25, -0.2) is 4.79 Å². The van der Waals surface area contributed by atoms with Crippen molar-refractivity contribution in [2.75, 3.05) is 31.3 Å². The van der Waals surface area contributed by atoms with Crippen molar-refractivity contribution in [3.63, 3.8) is 0 Å². The molecule has 0 bridgehead atoms. The minimum absolute atomic E-state index is 0.0998. The van der Waals surface area contributed by atoms with Crippen molar-refractivity contribution in [1.82, 2.24) is 4.72 Å². The molecule has 142 valence electrons. The molecule has 1 aromatic carbocycles. The molecule has 0 aromatic heterocycles. The molecule has 0 heterocycles. The maximum absolute atomic E-state index is 12.2. The molecule has 5 nitrogen and oxygen atoms in total. The van der Waals surface area contributed by atoms with Gasteiger partial charge in [0, 0.05) is 16.3 Å². The Labute approximate surface area is 158 Å². The van der Waals surface area contributed by atoms with Crippen LogP contribution in [0.5, 0.6) is 0 Å². The molecule has 0 spiro atoms. The minimum atomic E-state index is -1.13. The molecule has 1 N–H and O–H groups in total. The fourth-order valence-corrected chi connectivity index (χ4v) is 3.97. The lowest BCUT2D eigenvalue weighted by Crippen LogP contribution is -2.34. The average Bonchev–Trinajstić information content (AvgIpc) is 2.60. The standard InChI is InChI=1S/C18H29NO4S2/c1-4-7-12-25(21)19-17(13-22-14-18(20)23-5-2)15-8-10-16(11-9-15)24-6-3/h8-11,17,19H,4-7,12-14H2,1-3H3/t17-,25?/m0/s1. The molecular formula is C18H29NO4S2. The topological polar surface area (TPSA) is 70.6 Å². The summed E-state index contributed by atoms with van der Waals surface area (Å²) in [5.74, 6) is 1.24. The molecule has 0 aliphatic rings. The number of carbonyl (C=O) groups excluding carboxylic acids is 1. The van der Waals surface area contributed by atoms with Crippen molar-refractivity contribution in [3.8, 4) is 0 Å². The van der Waals surface area contributed by atoms with E-state index in [1.807, 2.05) is 12.1 Å². The number of carbonyl (C=O) groups is 1. The van der Waals surface area contributed by atoms with Crippen LogP contribution in [0.25, 0.3) is 0 Å². The molecule has 0 amide bonds. The predicted molar refractivity (Wildman–Crippen MR) is 104 cm³/mol. The molecule has 0 radical (unpaired) electrons. The second kappa shape index (κ2) is 13.5. The first kappa shape index (κ1) is 22.3. The third-order valence-electron chi connectivity index (χ3n) is 3.36. The Kier molecular flexibility index (Phi) is 12.0. The van der Waals surface area contributed by atoms with E-state index in [2.05, 4.69) is 30.7 Å². The van der Waals surface area contributed by atoms with Gasteiger partial charge in [0.05, 0.1) is 13.2 Å². The van der Waals surface area contributed by atoms with Gasteiger partial charge in [0.1, 0.15) is 18.4 Å². The summed E-state index contributed by atoms with van der Waals surface area (Å²) in [6.07, 6.45) is 1.91. The first-order valence-corrected chi connectivity index (χ1v) is 11.0. The van der Waals surface area contributed by atoms with Crippen LogP contribution >= 0.6 is 11.8 Å². The zero-order valence-electron chi connectivity index (χ0n) is 15.3. The first-order valence-electron chi connectivity index (χ1n) is 8.71. The molecule has 1 unspecified atom stereocenters. The third kappa shape index (κ3) is 9.51. The largest absolute Gasteiger partial charge is 0.598 e. The fourth-order valence-electron chi connectivity index (χ4n) is 2.12. The first-order chi connectivity index (χ1) is 12.1. The molecule has 25 heavy (non-hydrogen) atoms. The lowest BCUT2D eigenvalue weighted by Gasteiger charge is -2.21. The van der Waals surface area contributed by atoms with Gasteiger partial charge >= 0.3 is 5.97 Å². The zero-order valence-corrected chi connectivity index (χ0v) is 16.9. The molecular weight excluding hydrogens is 358 g/mol. The molecule has 2 atom stereocenters. The van der Waals surface area contributed by atoms with Crippen LogP contribution in [-0.4, -0.2) is 41.8 Å². The van der Waals surface area contributed by atoms with Gasteiger partial charge in [0.15, 0.2) is 0 Å². The number of unbranched alkanes of at least 4 members (excludes halogenated alkanes) is 1. The van der Waals surface area contributed by atoms with Crippen molar-refractivity contribution in [3.05, 3.63) is 29.8 Å². The number of nitrogens with one attached hydrogen (secondary N) is 1. The van der Waals surface area contributed by atoms with Gasteiger partial charge in [-0.3, -0.25) is 0 Å². The molecule has 0 saturated carbocycles. The van der Waals surface area contributed by atoms with Crippen LogP contribution in [0.1, 0.15) is 45.2 Å². The Morgan fingerprint density at radius 1 is 1.28 bits per heavy atom. The van der Waals surface area contributed by atoms with E-state index in [1.54, 1.807) is 18.7 Å². The van der Waals surface area contributed by atoms with Crippen LogP contribution in [-0.2, 0) is 25.6 Å². The summed E-state index contributed by atoms with van der Waals surface area (Å²) in [5.41, 5.74) is 0.995. The Balaban J connectivity index is 2.67. The van der Waals surface area contributed by atoms with Crippen LogP contribution in [0.2, 0.25) is 0 Å². The van der Waals surface area contributed by atoms with E-state index < -0.39 is 11.4 Å². The Morgan fingerprint density at radius 3 is 2.60 bits per heavy atom. The normalized spacial score (nSPS) is 13.4. The highest BCUT2D eigenvalue weighted by Crippen LogP contribution is 2.22. The Hall–Kier alpha value is -0.730. The van der Waals surface area contributed by atoms with E-state index in [4.69, 9.17) is 9.47 Å². The molecule has 1 rings (SSSR count). The molecule has 0 saturated heterocycles. The number of hydrogen-bond acceptors (Lipinski definition) is 6. The number of esters is 1. The smallest absolute Gasteiger partial charge is 0.332 e. The quantitative estimate of drug-likeness (QED) is 0.317. The number of benzene rings is 1. The third-order valence-corrected chi connectivity index (χ3v) is 5.46. The van der Waals surface area contributed by atoms with Crippen LogP contribution < -0.4 is 4.72 Å². The number of ether oxygens (including phenoxy) is 2.